The molecule has 0 aromatic carbocycles. The Bertz CT molecular complexity index is 1540. The van der Waals surface area contributed by atoms with Crippen molar-refractivity contribution in [2.24, 2.45) is 29.1 Å². The van der Waals surface area contributed by atoms with Gasteiger partial charge in [0.15, 0.2) is 9.84 Å². The second kappa shape index (κ2) is 13.2. The van der Waals surface area contributed by atoms with Gasteiger partial charge in [-0.1, -0.05) is 53.0 Å². The third-order valence-corrected chi connectivity index (χ3v) is 15.9. The van der Waals surface area contributed by atoms with Crippen molar-refractivity contribution >= 4 is 39.4 Å². The minimum atomic E-state index is -3.64. The van der Waals surface area contributed by atoms with Crippen molar-refractivity contribution in [1.29, 1.82) is 0 Å². The van der Waals surface area contributed by atoms with Crippen LogP contribution in [0.2, 0.25) is 0 Å². The van der Waals surface area contributed by atoms with Crippen molar-refractivity contribution in [2.75, 3.05) is 13.1 Å². The number of amides is 5. The molecule has 4 N–H and O–H groups in total. The summed E-state index contributed by atoms with van der Waals surface area (Å²) in [7, 11) is -3.64. The number of fused-ring (bicyclic) bond motifs is 1. The third-order valence-electron chi connectivity index (χ3n) is 12.8. The van der Waals surface area contributed by atoms with Gasteiger partial charge in [-0.05, 0) is 101 Å². The molecule has 13 heteroatoms. The van der Waals surface area contributed by atoms with Gasteiger partial charge in [0.2, 0.25) is 17.6 Å². The number of nitrogens with one attached hydrogen (secondary N) is 4. The average Bonchev–Trinajstić information content (AvgIpc) is 4.00. The van der Waals surface area contributed by atoms with Crippen LogP contribution in [0.4, 0.5) is 4.79 Å². The molecule has 1 heterocycles. The minimum Gasteiger partial charge on any atom is -0.349 e. The van der Waals surface area contributed by atoms with Crippen molar-refractivity contribution in [2.45, 2.75) is 146 Å². The maximum Gasteiger partial charge on any atom is 0.316 e. The lowest BCUT2D eigenvalue weighted by Gasteiger charge is -2.44. The zero-order valence-electron chi connectivity index (χ0n) is 31.2. The third kappa shape index (κ3) is 6.84. The first-order chi connectivity index (χ1) is 23.1. The van der Waals surface area contributed by atoms with E-state index in [1.807, 2.05) is 6.92 Å². The topological polar surface area (TPSA) is 171 Å². The van der Waals surface area contributed by atoms with Gasteiger partial charge in [0.1, 0.15) is 17.6 Å². The number of Topliss-reactive ketones (excluding diaryl/α,β-unsaturated/α-hetero) is 1. The van der Waals surface area contributed by atoms with Crippen LogP contribution in [-0.4, -0.2) is 89.1 Å². The summed E-state index contributed by atoms with van der Waals surface area (Å²) in [6.07, 6.45) is 6.49. The number of hydrogen-bond acceptors (Lipinski definition) is 7. The summed E-state index contributed by atoms with van der Waals surface area (Å²) in [6, 6.07) is -2.73. The fourth-order valence-electron chi connectivity index (χ4n) is 8.86. The van der Waals surface area contributed by atoms with Crippen LogP contribution < -0.4 is 21.3 Å². The molecule has 0 spiro atoms. The van der Waals surface area contributed by atoms with Crippen molar-refractivity contribution in [3.63, 3.8) is 0 Å². The molecule has 0 aromatic rings. The van der Waals surface area contributed by atoms with Crippen LogP contribution in [0.5, 0.6) is 0 Å². The minimum absolute atomic E-state index is 0.0467. The van der Waals surface area contributed by atoms with Gasteiger partial charge in [0, 0.05) is 13.1 Å². The van der Waals surface area contributed by atoms with E-state index in [1.54, 1.807) is 34.6 Å². The summed E-state index contributed by atoms with van der Waals surface area (Å²) < 4.78 is 26.2. The molecule has 0 bridgehead atoms. The number of rotatable bonds is 13. The highest BCUT2D eigenvalue weighted by molar-refractivity contribution is 7.93. The van der Waals surface area contributed by atoms with E-state index in [0.29, 0.717) is 50.3 Å². The summed E-state index contributed by atoms with van der Waals surface area (Å²) in [5.41, 5.74) is -2.15. The second-order valence-corrected chi connectivity index (χ2v) is 20.6. The molecule has 5 aliphatic rings. The molecule has 5 rings (SSSR count). The van der Waals surface area contributed by atoms with Crippen LogP contribution in [0.1, 0.15) is 113 Å². The first kappa shape index (κ1) is 38.3. The molecule has 4 aliphatic carbocycles. The van der Waals surface area contributed by atoms with Gasteiger partial charge in [0.25, 0.3) is 5.91 Å². The SMILES string of the molecule is C=C(C)[C@H](NC(=O)NC1([C@H](C)S(=O)(=O)C(C)(C)C)CCCCC1)C(=O)N1C[C@H]2[C@@H]([C@H]1C(=O)N[C@]1(C(=O)C(=O)NCC3CC3)C[C@@H]1CC)C2(C)C. The molecule has 0 radical (unpaired) electrons. The Morgan fingerprint density at radius 3 is 2.14 bits per heavy atom. The van der Waals surface area contributed by atoms with Crippen LogP contribution in [-0.2, 0) is 29.0 Å². The lowest BCUT2D eigenvalue weighted by atomic mass is 9.79. The number of carbonyl (C=O) groups excluding carboxylic acids is 5. The molecule has 7 atom stereocenters. The van der Waals surface area contributed by atoms with Gasteiger partial charge >= 0.3 is 6.03 Å². The van der Waals surface area contributed by atoms with Gasteiger partial charge < -0.3 is 26.2 Å². The van der Waals surface area contributed by atoms with Gasteiger partial charge in [-0.3, -0.25) is 19.2 Å². The van der Waals surface area contributed by atoms with E-state index in [-0.39, 0.29) is 23.2 Å². The Balaban J connectivity index is 1.33. The number of sulfone groups is 1. The zero-order valence-corrected chi connectivity index (χ0v) is 32.1. The Hall–Kier alpha value is -2.96. The molecule has 0 aromatic heterocycles. The number of carbonyl (C=O) groups is 5. The molecular formula is C37H59N5O7S. The van der Waals surface area contributed by atoms with Crippen molar-refractivity contribution in [3.05, 3.63) is 12.2 Å². The van der Waals surface area contributed by atoms with Gasteiger partial charge in [0.05, 0.1) is 15.5 Å². The van der Waals surface area contributed by atoms with E-state index in [1.165, 1.54) is 4.90 Å². The monoisotopic (exact) mass is 717 g/mol. The Kier molecular flexibility index (Phi) is 10.1. The largest absolute Gasteiger partial charge is 0.349 e. The highest BCUT2D eigenvalue weighted by Gasteiger charge is 2.71. The molecule has 1 aliphatic heterocycles. The Morgan fingerprint density at radius 2 is 1.62 bits per heavy atom. The number of ketones is 1. The fraction of sp³-hybridized carbons (Fsp3) is 0.811. The van der Waals surface area contributed by atoms with Crippen molar-refractivity contribution in [1.82, 2.24) is 26.2 Å². The number of hydrogen-bond donors (Lipinski definition) is 4. The van der Waals surface area contributed by atoms with Gasteiger partial charge in [-0.25, -0.2) is 13.2 Å². The fourth-order valence-corrected chi connectivity index (χ4v) is 10.8. The summed E-state index contributed by atoms with van der Waals surface area (Å²) in [5.74, 6) is -2.18. The molecule has 5 fully saturated rings. The van der Waals surface area contributed by atoms with Crippen LogP contribution in [0.25, 0.3) is 0 Å². The molecular weight excluding hydrogens is 659 g/mol. The standard InChI is InChI=1S/C37H59N5O7S/c1-10-24-18-37(24,29(43)31(45)38-19-23-14-15-23)40-30(44)28-26-25(35(26,8)9)20-42(28)32(46)27(21(2)3)39-33(47)41-36(16-12-11-13-17-36)22(4)50(48,49)34(5,6)7/h22-28H,2,10-20H2,1,3-9H3,(H,38,45)(H,40,44)(H2,39,41,47)/t22-,24-,25-,26-,27-,28-,37+/m0/s1. The number of piperidine rings is 1. The first-order valence-electron chi connectivity index (χ1n) is 18.6. The summed E-state index contributed by atoms with van der Waals surface area (Å²) in [4.78, 5) is 70.1. The first-order valence-corrected chi connectivity index (χ1v) is 20.1. The Labute approximate surface area is 298 Å². The number of likely N-dealkylation sites (tertiary alicyclic amines) is 1. The highest BCUT2D eigenvalue weighted by atomic mass is 32.2. The van der Waals surface area contributed by atoms with E-state index >= 15 is 0 Å². The average molecular weight is 718 g/mol. The molecule has 280 valence electrons. The lowest BCUT2D eigenvalue weighted by molar-refractivity contribution is -0.144. The summed E-state index contributed by atoms with van der Waals surface area (Å²) in [6.45, 7) is 19.0. The van der Waals surface area contributed by atoms with Gasteiger partial charge in [-0.2, -0.15) is 0 Å². The predicted octanol–water partition coefficient (Wildman–Crippen LogP) is 3.40. The van der Waals surface area contributed by atoms with E-state index in [9.17, 15) is 32.4 Å². The normalized spacial score (nSPS) is 30.6. The van der Waals surface area contributed by atoms with Crippen molar-refractivity contribution < 1.29 is 32.4 Å². The van der Waals surface area contributed by atoms with Crippen molar-refractivity contribution in [3.8, 4) is 0 Å². The van der Waals surface area contributed by atoms with E-state index in [4.69, 9.17) is 0 Å². The van der Waals surface area contributed by atoms with E-state index in [2.05, 4.69) is 41.7 Å². The van der Waals surface area contributed by atoms with E-state index in [0.717, 1.165) is 32.1 Å². The molecule has 5 amide bonds. The molecule has 1 saturated heterocycles. The molecule has 12 nitrogen and oxygen atoms in total. The lowest BCUT2D eigenvalue weighted by Crippen LogP contribution is -2.64. The quantitative estimate of drug-likeness (QED) is 0.167. The van der Waals surface area contributed by atoms with Crippen LogP contribution in [0.3, 0.4) is 0 Å². The van der Waals surface area contributed by atoms with Crippen LogP contribution in [0, 0.1) is 29.1 Å². The molecule has 4 saturated carbocycles. The van der Waals surface area contributed by atoms with Gasteiger partial charge in [-0.15, -0.1) is 0 Å². The van der Waals surface area contributed by atoms with E-state index < -0.39 is 72.5 Å². The maximum atomic E-state index is 14.3. The zero-order chi connectivity index (χ0) is 37.2. The Morgan fingerprint density at radius 1 is 1.00 bits per heavy atom. The summed E-state index contributed by atoms with van der Waals surface area (Å²) in [5, 5.41) is 10.6. The smallest absolute Gasteiger partial charge is 0.316 e. The van der Waals surface area contributed by atoms with Crippen LogP contribution >= 0.6 is 0 Å². The second-order valence-electron chi connectivity index (χ2n) is 17.5. The number of nitrogens with zero attached hydrogens (tertiary/aromatic N) is 1. The number of urea groups is 1. The van der Waals surface area contributed by atoms with Crippen LogP contribution in [0.15, 0.2) is 12.2 Å². The summed E-state index contributed by atoms with van der Waals surface area (Å²) >= 11 is 0. The predicted molar refractivity (Wildman–Crippen MR) is 190 cm³/mol. The molecule has 50 heavy (non-hydrogen) atoms. The highest BCUT2D eigenvalue weighted by Crippen LogP contribution is 2.65. The molecule has 0 unspecified atom stereocenters. The maximum absolute atomic E-state index is 14.3.